The minimum absolute atomic E-state index is 0.116. The van der Waals surface area contributed by atoms with E-state index in [1.54, 1.807) is 48.2 Å². The lowest BCUT2D eigenvalue weighted by Crippen LogP contribution is -2.45. The summed E-state index contributed by atoms with van der Waals surface area (Å²) in [6.45, 7) is 3.79. The van der Waals surface area contributed by atoms with Crippen LogP contribution >= 0.6 is 0 Å². The molecule has 1 fully saturated rings. The fourth-order valence-electron chi connectivity index (χ4n) is 5.48. The first-order valence-corrected chi connectivity index (χ1v) is 14.0. The minimum atomic E-state index is -4.49. The zero-order chi connectivity index (χ0) is 30.9. The molecule has 0 bridgehead atoms. The highest BCUT2D eigenvalue weighted by Crippen LogP contribution is 2.43. The summed E-state index contributed by atoms with van der Waals surface area (Å²) in [6, 6.07) is 9.70. The SMILES string of the molecule is CC1c2cn(CC3CCN(C(=O)c4ccc(Oc5ccc(F)c(F)c5)cc4)CC3)nc2C=CC1(C)C(=O)NCC(F)(F)F. The van der Waals surface area contributed by atoms with E-state index in [2.05, 4.69) is 5.10 Å². The van der Waals surface area contributed by atoms with Gasteiger partial charge >= 0.3 is 6.18 Å². The number of carbonyl (C=O) groups excluding carboxylic acids is 2. The highest BCUT2D eigenvalue weighted by molar-refractivity contribution is 5.94. The fraction of sp³-hybridized carbons (Fsp3) is 0.387. The minimum Gasteiger partial charge on any atom is -0.457 e. The van der Waals surface area contributed by atoms with Gasteiger partial charge in [0.1, 0.15) is 18.0 Å². The number of rotatable bonds is 7. The molecule has 7 nitrogen and oxygen atoms in total. The summed E-state index contributed by atoms with van der Waals surface area (Å²) in [5, 5.41) is 6.64. The van der Waals surface area contributed by atoms with Crippen LogP contribution in [0.4, 0.5) is 22.0 Å². The van der Waals surface area contributed by atoms with Gasteiger partial charge < -0.3 is 15.0 Å². The van der Waals surface area contributed by atoms with E-state index in [4.69, 9.17) is 4.74 Å². The van der Waals surface area contributed by atoms with Crippen molar-refractivity contribution in [3.05, 3.63) is 83.2 Å². The standard InChI is InChI=1S/C31H31F5N4O3/c1-19-24-17-40(38-27(24)9-12-30(19,2)29(42)37-18-31(34,35)36)16-20-10-13-39(14-11-20)28(41)21-3-5-22(6-4-21)43-23-7-8-25(32)26(33)15-23/h3-9,12,15,17,19-20H,10-11,13-14,16,18H2,1-2H3,(H,37,42). The molecule has 0 spiro atoms. The predicted octanol–water partition coefficient (Wildman–Crippen LogP) is 6.32. The molecule has 12 heteroatoms. The zero-order valence-electron chi connectivity index (χ0n) is 23.6. The van der Waals surface area contributed by atoms with Gasteiger partial charge in [-0.2, -0.15) is 18.3 Å². The molecule has 2 aromatic carbocycles. The van der Waals surface area contributed by atoms with Crippen molar-refractivity contribution in [3.63, 3.8) is 0 Å². The lowest BCUT2D eigenvalue weighted by atomic mass is 9.70. The topological polar surface area (TPSA) is 76.5 Å². The molecule has 2 aliphatic rings. The molecule has 0 saturated carbocycles. The molecule has 1 N–H and O–H groups in total. The molecule has 1 aliphatic heterocycles. The van der Waals surface area contributed by atoms with Gasteiger partial charge in [-0.3, -0.25) is 14.3 Å². The number of nitrogens with one attached hydrogen (secondary N) is 1. The summed E-state index contributed by atoms with van der Waals surface area (Å²) in [5.74, 6) is -2.36. The molecule has 228 valence electrons. The Balaban J connectivity index is 1.14. The number of hydrogen-bond donors (Lipinski definition) is 1. The van der Waals surface area contributed by atoms with E-state index in [0.29, 0.717) is 36.6 Å². The van der Waals surface area contributed by atoms with E-state index in [9.17, 15) is 31.5 Å². The first-order chi connectivity index (χ1) is 20.3. The van der Waals surface area contributed by atoms with E-state index in [-0.39, 0.29) is 23.5 Å². The van der Waals surface area contributed by atoms with Crippen LogP contribution in [-0.2, 0) is 11.3 Å². The molecule has 1 aliphatic carbocycles. The van der Waals surface area contributed by atoms with Crippen molar-refractivity contribution in [2.75, 3.05) is 19.6 Å². The summed E-state index contributed by atoms with van der Waals surface area (Å²) in [5.41, 5.74) is 0.843. The van der Waals surface area contributed by atoms with Crippen LogP contribution in [0, 0.1) is 23.0 Å². The maximum Gasteiger partial charge on any atom is 0.405 e. The number of benzene rings is 2. The molecule has 1 saturated heterocycles. The average molecular weight is 603 g/mol. The largest absolute Gasteiger partial charge is 0.457 e. The van der Waals surface area contributed by atoms with Gasteiger partial charge in [-0.15, -0.1) is 0 Å². The van der Waals surface area contributed by atoms with Crippen molar-refractivity contribution in [1.29, 1.82) is 0 Å². The lowest BCUT2D eigenvalue weighted by molar-refractivity contribution is -0.143. The number of likely N-dealkylation sites (tertiary alicyclic amines) is 1. The van der Waals surface area contributed by atoms with Gasteiger partial charge in [-0.1, -0.05) is 13.0 Å². The van der Waals surface area contributed by atoms with Crippen molar-refractivity contribution in [2.24, 2.45) is 11.3 Å². The lowest BCUT2D eigenvalue weighted by Gasteiger charge is -2.34. The third-order valence-corrected chi connectivity index (χ3v) is 8.29. The normalized spacial score (nSPS) is 20.5. The summed E-state index contributed by atoms with van der Waals surface area (Å²) in [6.07, 6.45) is 2.20. The van der Waals surface area contributed by atoms with Gasteiger partial charge in [0, 0.05) is 48.9 Å². The van der Waals surface area contributed by atoms with Crippen molar-refractivity contribution in [1.82, 2.24) is 20.0 Å². The molecule has 3 aromatic rings. The van der Waals surface area contributed by atoms with E-state index < -0.39 is 35.7 Å². The van der Waals surface area contributed by atoms with Crippen LogP contribution in [0.1, 0.15) is 54.2 Å². The van der Waals surface area contributed by atoms with Crippen LogP contribution in [-0.4, -0.2) is 52.3 Å². The second-order valence-corrected chi connectivity index (χ2v) is 11.3. The summed E-state index contributed by atoms with van der Waals surface area (Å²) in [4.78, 5) is 27.5. The number of carbonyl (C=O) groups is 2. The number of amides is 2. The Morgan fingerprint density at radius 3 is 2.37 bits per heavy atom. The van der Waals surface area contributed by atoms with Crippen LogP contribution in [0.2, 0.25) is 0 Å². The monoisotopic (exact) mass is 602 g/mol. The first kappa shape index (κ1) is 30.2. The molecule has 2 unspecified atom stereocenters. The van der Waals surface area contributed by atoms with Crippen molar-refractivity contribution in [2.45, 2.75) is 45.3 Å². The van der Waals surface area contributed by atoms with Gasteiger partial charge in [-0.25, -0.2) is 8.78 Å². The molecule has 5 rings (SSSR count). The van der Waals surface area contributed by atoms with Gasteiger partial charge in [0.2, 0.25) is 5.91 Å². The van der Waals surface area contributed by atoms with Crippen molar-refractivity contribution in [3.8, 4) is 11.5 Å². The van der Waals surface area contributed by atoms with Gasteiger partial charge in [0.05, 0.1) is 11.1 Å². The summed E-state index contributed by atoms with van der Waals surface area (Å²) < 4.78 is 71.8. The molecule has 1 aromatic heterocycles. The molecule has 43 heavy (non-hydrogen) atoms. The second kappa shape index (κ2) is 11.8. The van der Waals surface area contributed by atoms with Gasteiger partial charge in [0.15, 0.2) is 11.6 Å². The maximum absolute atomic E-state index is 13.4. The predicted molar refractivity (Wildman–Crippen MR) is 148 cm³/mol. The molecule has 2 amide bonds. The van der Waals surface area contributed by atoms with Crippen LogP contribution in [0.5, 0.6) is 11.5 Å². The van der Waals surface area contributed by atoms with Gasteiger partial charge in [0.25, 0.3) is 5.91 Å². The second-order valence-electron chi connectivity index (χ2n) is 11.3. The fourth-order valence-corrected chi connectivity index (χ4v) is 5.48. The number of fused-ring (bicyclic) bond motifs is 1. The highest BCUT2D eigenvalue weighted by atomic mass is 19.4. The highest BCUT2D eigenvalue weighted by Gasteiger charge is 2.42. The Bertz CT molecular complexity index is 1530. The maximum atomic E-state index is 13.4. The molecular weight excluding hydrogens is 571 g/mol. The van der Waals surface area contributed by atoms with Crippen LogP contribution in [0.15, 0.2) is 54.7 Å². The summed E-state index contributed by atoms with van der Waals surface area (Å²) in [7, 11) is 0. The molecular formula is C31H31F5N4O3. The Hall–Kier alpha value is -4.22. The Morgan fingerprint density at radius 2 is 1.72 bits per heavy atom. The number of alkyl halides is 3. The van der Waals surface area contributed by atoms with Gasteiger partial charge in [-0.05, 0) is 68.2 Å². The quantitative estimate of drug-likeness (QED) is 0.321. The third kappa shape index (κ3) is 6.73. The Morgan fingerprint density at radius 1 is 1.05 bits per heavy atom. The number of ether oxygens (including phenoxy) is 1. The summed E-state index contributed by atoms with van der Waals surface area (Å²) >= 11 is 0. The van der Waals surface area contributed by atoms with Crippen molar-refractivity contribution < 1.29 is 36.3 Å². The molecule has 0 radical (unpaired) electrons. The van der Waals surface area contributed by atoms with E-state index >= 15 is 0 Å². The third-order valence-electron chi connectivity index (χ3n) is 8.29. The van der Waals surface area contributed by atoms with Crippen LogP contribution in [0.3, 0.4) is 0 Å². The van der Waals surface area contributed by atoms with Crippen molar-refractivity contribution >= 4 is 17.9 Å². The molecule has 2 atom stereocenters. The Labute approximate surface area is 245 Å². The first-order valence-electron chi connectivity index (χ1n) is 14.0. The van der Waals surface area contributed by atoms with E-state index in [0.717, 1.165) is 30.5 Å². The number of nitrogens with zero attached hydrogens (tertiary/aromatic N) is 3. The van der Waals surface area contributed by atoms with Crippen LogP contribution in [0.25, 0.3) is 6.08 Å². The number of piperidine rings is 1. The number of hydrogen-bond acceptors (Lipinski definition) is 4. The smallest absolute Gasteiger partial charge is 0.405 e. The van der Waals surface area contributed by atoms with E-state index in [1.807, 2.05) is 23.1 Å². The number of aromatic nitrogens is 2. The van der Waals surface area contributed by atoms with E-state index in [1.165, 1.54) is 6.07 Å². The number of halogens is 5. The average Bonchev–Trinajstić information content (AvgIpc) is 3.39. The molecule has 2 heterocycles. The van der Waals surface area contributed by atoms with Crippen LogP contribution < -0.4 is 10.1 Å². The zero-order valence-corrected chi connectivity index (χ0v) is 23.6. The Kier molecular flexibility index (Phi) is 8.31.